The van der Waals surface area contributed by atoms with Crippen molar-refractivity contribution in [2.75, 3.05) is 13.1 Å². The van der Waals surface area contributed by atoms with Crippen LogP contribution in [0.1, 0.15) is 59.9 Å². The van der Waals surface area contributed by atoms with Crippen molar-refractivity contribution in [2.45, 2.75) is 58.9 Å². The van der Waals surface area contributed by atoms with E-state index in [0.29, 0.717) is 36.8 Å². The monoisotopic (exact) mass is 410 g/mol. The van der Waals surface area contributed by atoms with Gasteiger partial charge in [-0.2, -0.15) is 4.98 Å². The molecule has 1 N–H and O–H groups in total. The predicted octanol–water partition coefficient (Wildman–Crippen LogP) is 2.94. The molecule has 7 nitrogen and oxygen atoms in total. The molecule has 30 heavy (non-hydrogen) atoms. The maximum absolute atomic E-state index is 12.9. The predicted molar refractivity (Wildman–Crippen MR) is 112 cm³/mol. The molecule has 1 aromatic heterocycles. The van der Waals surface area contributed by atoms with E-state index in [4.69, 9.17) is 4.52 Å². The van der Waals surface area contributed by atoms with Crippen molar-refractivity contribution < 1.29 is 14.1 Å². The molecule has 1 saturated carbocycles. The van der Waals surface area contributed by atoms with Crippen molar-refractivity contribution in [2.24, 2.45) is 11.8 Å². The zero-order chi connectivity index (χ0) is 21.6. The molecule has 160 valence electrons. The lowest BCUT2D eigenvalue weighted by Crippen LogP contribution is -2.40. The van der Waals surface area contributed by atoms with E-state index in [1.807, 2.05) is 50.8 Å². The van der Waals surface area contributed by atoms with E-state index in [-0.39, 0.29) is 29.7 Å². The molecule has 1 aliphatic heterocycles. The lowest BCUT2D eigenvalue weighted by Gasteiger charge is -2.26. The Kier molecular flexibility index (Phi) is 5.16. The lowest BCUT2D eigenvalue weighted by atomic mass is 9.80. The summed E-state index contributed by atoms with van der Waals surface area (Å²) < 4.78 is 5.60. The van der Waals surface area contributed by atoms with Crippen molar-refractivity contribution in [3.05, 3.63) is 46.6 Å². The van der Waals surface area contributed by atoms with Gasteiger partial charge in [-0.1, -0.05) is 36.7 Å². The molecule has 2 aromatic rings. The van der Waals surface area contributed by atoms with E-state index in [2.05, 4.69) is 15.5 Å². The first-order chi connectivity index (χ1) is 14.2. The fraction of sp³-hybridized carbons (Fsp3) is 0.565. The first kappa shape index (κ1) is 20.6. The maximum Gasteiger partial charge on any atom is 0.251 e. The van der Waals surface area contributed by atoms with Crippen molar-refractivity contribution in [1.29, 1.82) is 0 Å². The van der Waals surface area contributed by atoms with Crippen LogP contribution in [0.5, 0.6) is 0 Å². The van der Waals surface area contributed by atoms with Gasteiger partial charge in [-0.3, -0.25) is 9.59 Å². The fourth-order valence-corrected chi connectivity index (χ4v) is 5.18. The molecule has 1 saturated heterocycles. The van der Waals surface area contributed by atoms with Gasteiger partial charge in [-0.25, -0.2) is 0 Å². The SMILES string of the molecule is Cc1ccc(C(=O)NC2CC3CN(C(=O)C(C)C)CC3(c3nc(C)no3)C2)c(C)c1. The Balaban J connectivity index is 1.56. The van der Waals surface area contributed by atoms with Gasteiger partial charge in [0, 0.05) is 30.6 Å². The van der Waals surface area contributed by atoms with Crippen LogP contribution in [0.3, 0.4) is 0 Å². The van der Waals surface area contributed by atoms with Gasteiger partial charge < -0.3 is 14.7 Å². The highest BCUT2D eigenvalue weighted by molar-refractivity contribution is 5.95. The van der Waals surface area contributed by atoms with Gasteiger partial charge in [0.1, 0.15) is 0 Å². The van der Waals surface area contributed by atoms with Crippen molar-refractivity contribution in [3.63, 3.8) is 0 Å². The van der Waals surface area contributed by atoms with Crippen LogP contribution in [0.2, 0.25) is 0 Å². The van der Waals surface area contributed by atoms with E-state index in [0.717, 1.165) is 17.5 Å². The van der Waals surface area contributed by atoms with Gasteiger partial charge in [-0.05, 0) is 51.2 Å². The van der Waals surface area contributed by atoms with Crippen LogP contribution < -0.4 is 5.32 Å². The number of nitrogens with zero attached hydrogens (tertiary/aromatic N) is 3. The van der Waals surface area contributed by atoms with Crippen molar-refractivity contribution in [1.82, 2.24) is 20.4 Å². The second-order valence-corrected chi connectivity index (χ2v) is 9.30. The molecule has 2 heterocycles. The smallest absolute Gasteiger partial charge is 0.251 e. The topological polar surface area (TPSA) is 88.3 Å². The van der Waals surface area contributed by atoms with Crippen molar-refractivity contribution in [3.8, 4) is 0 Å². The van der Waals surface area contributed by atoms with Crippen molar-refractivity contribution >= 4 is 11.8 Å². The van der Waals surface area contributed by atoms with Crippen LogP contribution in [0.25, 0.3) is 0 Å². The molecule has 1 aliphatic carbocycles. The molecular formula is C23H30N4O3. The Morgan fingerprint density at radius 3 is 2.67 bits per heavy atom. The molecule has 2 amide bonds. The standard InChI is InChI=1S/C23H30N4O3/c1-13(2)21(29)27-11-17-9-18(10-23(17,12-27)22-24-16(5)26-30-22)25-20(28)19-7-6-14(3)8-15(19)4/h6-8,13,17-18H,9-12H2,1-5H3,(H,25,28). The molecular weight excluding hydrogens is 380 g/mol. The summed E-state index contributed by atoms with van der Waals surface area (Å²) in [5.74, 6) is 1.41. The minimum Gasteiger partial charge on any atom is -0.349 e. The highest BCUT2D eigenvalue weighted by Gasteiger charge is 2.58. The Bertz CT molecular complexity index is 983. The minimum absolute atomic E-state index is 0.00621. The van der Waals surface area contributed by atoms with Gasteiger partial charge in [0.05, 0.1) is 5.41 Å². The van der Waals surface area contributed by atoms with Crippen LogP contribution in [0.4, 0.5) is 0 Å². The number of amides is 2. The third-order valence-electron chi connectivity index (χ3n) is 6.60. The van der Waals surface area contributed by atoms with Crippen LogP contribution in [-0.2, 0) is 10.2 Å². The Labute approximate surface area is 177 Å². The number of benzene rings is 1. The number of aryl methyl sites for hydroxylation is 3. The van der Waals surface area contributed by atoms with Crippen LogP contribution in [0, 0.1) is 32.6 Å². The normalized spacial score (nSPS) is 25.6. The van der Waals surface area contributed by atoms with Gasteiger partial charge in [0.2, 0.25) is 11.8 Å². The molecule has 0 radical (unpaired) electrons. The molecule has 3 atom stereocenters. The zero-order valence-electron chi connectivity index (χ0n) is 18.4. The summed E-state index contributed by atoms with van der Waals surface area (Å²) in [4.78, 5) is 32.0. The highest BCUT2D eigenvalue weighted by Crippen LogP contribution is 2.50. The Hall–Kier alpha value is -2.70. The second-order valence-electron chi connectivity index (χ2n) is 9.30. The van der Waals surface area contributed by atoms with Gasteiger partial charge in [0.25, 0.3) is 5.91 Å². The summed E-state index contributed by atoms with van der Waals surface area (Å²) in [7, 11) is 0. The number of nitrogens with one attached hydrogen (secondary N) is 1. The average molecular weight is 411 g/mol. The second kappa shape index (κ2) is 7.52. The molecule has 2 aliphatic rings. The summed E-state index contributed by atoms with van der Waals surface area (Å²) in [5.41, 5.74) is 2.42. The molecule has 3 unspecified atom stereocenters. The van der Waals surface area contributed by atoms with Crippen LogP contribution >= 0.6 is 0 Å². The number of hydrogen-bond acceptors (Lipinski definition) is 5. The maximum atomic E-state index is 12.9. The molecule has 0 bridgehead atoms. The quantitative estimate of drug-likeness (QED) is 0.837. The summed E-state index contributed by atoms with van der Waals surface area (Å²) in [6, 6.07) is 5.88. The van der Waals surface area contributed by atoms with Gasteiger partial charge in [-0.15, -0.1) is 0 Å². The number of fused-ring (bicyclic) bond motifs is 1. The van der Waals surface area contributed by atoms with Crippen LogP contribution in [0.15, 0.2) is 22.7 Å². The van der Waals surface area contributed by atoms with E-state index in [1.54, 1.807) is 6.92 Å². The van der Waals surface area contributed by atoms with Crippen LogP contribution in [-0.4, -0.2) is 46.0 Å². The fourth-order valence-electron chi connectivity index (χ4n) is 5.18. The number of carbonyl (C=O) groups excluding carboxylic acids is 2. The number of aromatic nitrogens is 2. The molecule has 7 heteroatoms. The molecule has 4 rings (SSSR count). The van der Waals surface area contributed by atoms with Gasteiger partial charge >= 0.3 is 0 Å². The highest BCUT2D eigenvalue weighted by atomic mass is 16.5. The number of carbonyl (C=O) groups is 2. The first-order valence-electron chi connectivity index (χ1n) is 10.7. The number of rotatable bonds is 4. The Morgan fingerprint density at radius 2 is 2.03 bits per heavy atom. The molecule has 1 aromatic carbocycles. The third-order valence-corrected chi connectivity index (χ3v) is 6.60. The summed E-state index contributed by atoms with van der Waals surface area (Å²) in [5, 5.41) is 7.22. The zero-order valence-corrected chi connectivity index (χ0v) is 18.4. The van der Waals surface area contributed by atoms with Gasteiger partial charge in [0.15, 0.2) is 5.82 Å². The minimum atomic E-state index is -0.397. The number of likely N-dealkylation sites (tertiary alicyclic amines) is 1. The Morgan fingerprint density at radius 1 is 1.27 bits per heavy atom. The largest absolute Gasteiger partial charge is 0.349 e. The van der Waals surface area contributed by atoms with E-state index in [9.17, 15) is 9.59 Å². The first-order valence-corrected chi connectivity index (χ1v) is 10.7. The summed E-state index contributed by atoms with van der Waals surface area (Å²) in [6.07, 6.45) is 1.48. The average Bonchev–Trinajstić information content (AvgIpc) is 3.33. The molecule has 0 spiro atoms. The lowest BCUT2D eigenvalue weighted by molar-refractivity contribution is -0.133. The van der Waals surface area contributed by atoms with E-state index < -0.39 is 5.41 Å². The van der Waals surface area contributed by atoms with E-state index in [1.165, 1.54) is 0 Å². The third kappa shape index (κ3) is 3.50. The summed E-state index contributed by atoms with van der Waals surface area (Å²) in [6.45, 7) is 10.9. The summed E-state index contributed by atoms with van der Waals surface area (Å²) >= 11 is 0. The van der Waals surface area contributed by atoms with E-state index >= 15 is 0 Å². The number of hydrogen-bond donors (Lipinski definition) is 1. The molecule has 2 fully saturated rings.